The molecule has 0 aliphatic carbocycles. The van der Waals surface area contributed by atoms with E-state index in [2.05, 4.69) is 0 Å². The van der Waals surface area contributed by atoms with Gasteiger partial charge in [-0.1, -0.05) is 41.9 Å². The van der Waals surface area contributed by atoms with E-state index in [1.165, 1.54) is 29.2 Å². The maximum atomic E-state index is 13.5. The Balaban J connectivity index is 2.05. The van der Waals surface area contributed by atoms with Crippen molar-refractivity contribution >= 4 is 29.0 Å². The van der Waals surface area contributed by atoms with Gasteiger partial charge in [0.2, 0.25) is 0 Å². The Bertz CT molecular complexity index is 970. The van der Waals surface area contributed by atoms with Gasteiger partial charge in [-0.25, -0.2) is 4.39 Å². The molecular weight excluding hydrogens is 423 g/mol. The first-order valence-electron chi connectivity index (χ1n) is 9.80. The Hall–Kier alpha value is -2.74. The largest absolute Gasteiger partial charge is 0.383 e. The smallest absolute Gasteiger partial charge is 0.278 e. The number of hydrogen-bond donors (Lipinski definition) is 0. The van der Waals surface area contributed by atoms with Gasteiger partial charge in [0.25, 0.3) is 11.8 Å². The number of amides is 2. The van der Waals surface area contributed by atoms with E-state index in [9.17, 15) is 14.0 Å². The van der Waals surface area contributed by atoms with E-state index in [1.54, 1.807) is 43.4 Å². The molecule has 2 aromatic rings. The maximum Gasteiger partial charge on any atom is 0.278 e. The van der Waals surface area contributed by atoms with Crippen LogP contribution >= 0.6 is 11.6 Å². The average molecular weight is 447 g/mol. The molecule has 0 unspecified atom stereocenters. The van der Waals surface area contributed by atoms with E-state index in [-0.39, 0.29) is 17.8 Å². The van der Waals surface area contributed by atoms with Crippen LogP contribution in [0.5, 0.6) is 0 Å². The Morgan fingerprint density at radius 1 is 0.935 bits per heavy atom. The third-order valence-electron chi connectivity index (χ3n) is 5.01. The maximum absolute atomic E-state index is 13.5. The number of rotatable bonds is 10. The molecule has 0 bridgehead atoms. The molecular formula is C23H24ClFN2O4. The van der Waals surface area contributed by atoms with Crippen molar-refractivity contribution in [2.75, 3.05) is 40.5 Å². The summed E-state index contributed by atoms with van der Waals surface area (Å²) in [4.78, 5) is 29.8. The van der Waals surface area contributed by atoms with Crippen LogP contribution < -0.4 is 0 Å². The molecule has 0 N–H and O–H groups in total. The van der Waals surface area contributed by atoms with Crippen molar-refractivity contribution < 1.29 is 23.5 Å². The number of ether oxygens (including phenoxy) is 2. The molecule has 0 saturated carbocycles. The van der Waals surface area contributed by atoms with Crippen LogP contribution in [-0.2, 0) is 25.6 Å². The molecule has 0 atom stereocenters. The quantitative estimate of drug-likeness (QED) is 0.524. The zero-order valence-corrected chi connectivity index (χ0v) is 18.2. The molecule has 8 heteroatoms. The van der Waals surface area contributed by atoms with Crippen LogP contribution in [0.4, 0.5) is 4.39 Å². The van der Waals surface area contributed by atoms with Gasteiger partial charge >= 0.3 is 0 Å². The summed E-state index contributed by atoms with van der Waals surface area (Å²) in [5.74, 6) is -1.31. The van der Waals surface area contributed by atoms with Gasteiger partial charge in [-0.15, -0.1) is 0 Å². The van der Waals surface area contributed by atoms with E-state index in [0.717, 1.165) is 0 Å². The summed E-state index contributed by atoms with van der Waals surface area (Å²) >= 11 is 6.26. The van der Waals surface area contributed by atoms with E-state index < -0.39 is 17.6 Å². The second-order valence-electron chi connectivity index (χ2n) is 6.99. The number of hydrogen-bond acceptors (Lipinski definition) is 5. The number of carbonyl (C=O) groups is 2. The molecule has 31 heavy (non-hydrogen) atoms. The van der Waals surface area contributed by atoms with Crippen LogP contribution in [0.25, 0.3) is 5.57 Å². The standard InChI is InChI=1S/C23H24ClFN2O4/c1-30-13-11-26(12-14-31-2)21-20(16-7-9-18(25)10-8-16)22(28)27(23(21)29)15-17-5-3-4-6-19(17)24/h3-10H,11-15H2,1-2H3. The lowest BCUT2D eigenvalue weighted by Crippen LogP contribution is -2.37. The predicted molar refractivity (Wildman–Crippen MR) is 116 cm³/mol. The summed E-state index contributed by atoms with van der Waals surface area (Å²) in [6, 6.07) is 12.6. The zero-order chi connectivity index (χ0) is 22.4. The Labute approximate surface area is 185 Å². The molecule has 1 aliphatic rings. The van der Waals surface area contributed by atoms with Crippen molar-refractivity contribution in [3.05, 3.63) is 76.2 Å². The normalized spacial score (nSPS) is 14.0. The molecule has 1 aliphatic heterocycles. The highest BCUT2D eigenvalue weighted by atomic mass is 35.5. The minimum Gasteiger partial charge on any atom is -0.383 e. The number of benzene rings is 2. The van der Waals surface area contributed by atoms with Gasteiger partial charge in [0, 0.05) is 32.3 Å². The molecule has 3 rings (SSSR count). The summed E-state index contributed by atoms with van der Waals surface area (Å²) in [6.07, 6.45) is 0. The Morgan fingerprint density at radius 3 is 2.13 bits per heavy atom. The van der Waals surface area contributed by atoms with Crippen molar-refractivity contribution in [1.29, 1.82) is 0 Å². The van der Waals surface area contributed by atoms with Crippen LogP contribution in [0.15, 0.2) is 54.2 Å². The van der Waals surface area contributed by atoms with Gasteiger partial charge in [0.15, 0.2) is 0 Å². The molecule has 0 aromatic heterocycles. The van der Waals surface area contributed by atoms with Gasteiger partial charge in [0.1, 0.15) is 11.5 Å². The van der Waals surface area contributed by atoms with Crippen molar-refractivity contribution in [1.82, 2.24) is 9.80 Å². The van der Waals surface area contributed by atoms with Crippen LogP contribution in [0.3, 0.4) is 0 Å². The summed E-state index contributed by atoms with van der Waals surface area (Å²) in [5, 5.41) is 0.468. The van der Waals surface area contributed by atoms with Crippen molar-refractivity contribution in [3.8, 4) is 0 Å². The van der Waals surface area contributed by atoms with E-state index in [1.807, 2.05) is 0 Å². The molecule has 2 amide bonds. The second-order valence-corrected chi connectivity index (χ2v) is 7.40. The third-order valence-corrected chi connectivity index (χ3v) is 5.38. The van der Waals surface area contributed by atoms with Crippen LogP contribution in [0.1, 0.15) is 11.1 Å². The lowest BCUT2D eigenvalue weighted by atomic mass is 10.0. The lowest BCUT2D eigenvalue weighted by Gasteiger charge is -2.25. The number of nitrogens with zero attached hydrogens (tertiary/aromatic N) is 2. The molecule has 6 nitrogen and oxygen atoms in total. The first-order chi connectivity index (χ1) is 15.0. The molecule has 1 heterocycles. The summed E-state index contributed by atoms with van der Waals surface area (Å²) < 4.78 is 23.9. The highest BCUT2D eigenvalue weighted by molar-refractivity contribution is 6.35. The highest BCUT2D eigenvalue weighted by Gasteiger charge is 2.41. The summed E-state index contributed by atoms with van der Waals surface area (Å²) in [6.45, 7) is 1.53. The fourth-order valence-electron chi connectivity index (χ4n) is 3.41. The average Bonchev–Trinajstić information content (AvgIpc) is 3.01. The first-order valence-corrected chi connectivity index (χ1v) is 10.2. The Morgan fingerprint density at radius 2 is 1.55 bits per heavy atom. The number of carbonyl (C=O) groups excluding carboxylic acids is 2. The fourth-order valence-corrected chi connectivity index (χ4v) is 3.61. The number of imide groups is 1. The van der Waals surface area contributed by atoms with E-state index >= 15 is 0 Å². The Kier molecular flexibility index (Phi) is 7.79. The fraction of sp³-hybridized carbons (Fsp3) is 0.304. The van der Waals surface area contributed by atoms with Gasteiger partial charge in [-0.3, -0.25) is 14.5 Å². The monoisotopic (exact) mass is 446 g/mol. The highest BCUT2D eigenvalue weighted by Crippen LogP contribution is 2.33. The number of halogens is 2. The predicted octanol–water partition coefficient (Wildman–Crippen LogP) is 3.35. The third kappa shape index (κ3) is 5.12. The molecule has 0 fully saturated rings. The van der Waals surface area contributed by atoms with Gasteiger partial charge in [-0.05, 0) is 29.3 Å². The van der Waals surface area contributed by atoms with Crippen molar-refractivity contribution in [2.24, 2.45) is 0 Å². The topological polar surface area (TPSA) is 59.1 Å². The molecule has 164 valence electrons. The van der Waals surface area contributed by atoms with Gasteiger partial charge < -0.3 is 14.4 Å². The SMILES string of the molecule is COCCN(CCOC)C1=C(c2ccc(F)cc2)C(=O)N(Cc2ccccc2Cl)C1=O. The lowest BCUT2D eigenvalue weighted by molar-refractivity contribution is -0.138. The van der Waals surface area contributed by atoms with E-state index in [0.29, 0.717) is 42.5 Å². The molecule has 0 spiro atoms. The van der Waals surface area contributed by atoms with Gasteiger partial charge in [0.05, 0.1) is 25.3 Å². The molecule has 2 aromatic carbocycles. The van der Waals surface area contributed by atoms with Crippen LogP contribution in [-0.4, -0.2) is 62.1 Å². The molecule has 0 radical (unpaired) electrons. The minimum atomic E-state index is -0.452. The zero-order valence-electron chi connectivity index (χ0n) is 17.4. The van der Waals surface area contributed by atoms with Crippen LogP contribution in [0.2, 0.25) is 5.02 Å². The summed E-state index contributed by atoms with van der Waals surface area (Å²) in [7, 11) is 3.13. The van der Waals surface area contributed by atoms with E-state index in [4.69, 9.17) is 21.1 Å². The minimum absolute atomic E-state index is 0.0356. The first kappa shape index (κ1) is 22.9. The summed E-state index contributed by atoms with van der Waals surface area (Å²) in [5.41, 5.74) is 1.60. The molecule has 0 saturated heterocycles. The number of methoxy groups -OCH3 is 2. The van der Waals surface area contributed by atoms with Crippen molar-refractivity contribution in [3.63, 3.8) is 0 Å². The second kappa shape index (κ2) is 10.5. The van der Waals surface area contributed by atoms with Crippen LogP contribution in [0, 0.1) is 5.82 Å². The van der Waals surface area contributed by atoms with Crippen molar-refractivity contribution in [2.45, 2.75) is 6.54 Å². The van der Waals surface area contributed by atoms with Gasteiger partial charge in [-0.2, -0.15) is 0 Å².